The third-order valence-corrected chi connectivity index (χ3v) is 5.16. The van der Waals surface area contributed by atoms with Gasteiger partial charge in [-0.25, -0.2) is 4.72 Å². The molecule has 1 aromatic heterocycles. The lowest BCUT2D eigenvalue weighted by atomic mass is 10.0. The number of benzene rings is 1. The summed E-state index contributed by atoms with van der Waals surface area (Å²) in [6.07, 6.45) is 3.27. The molecule has 2 aromatic rings. The second kappa shape index (κ2) is 5.49. The molecule has 1 aliphatic rings. The first-order valence-corrected chi connectivity index (χ1v) is 8.47. The summed E-state index contributed by atoms with van der Waals surface area (Å²) in [5, 5.41) is 0. The lowest BCUT2D eigenvalue weighted by molar-refractivity contribution is 0.0973. The Morgan fingerprint density at radius 3 is 2.68 bits per heavy atom. The van der Waals surface area contributed by atoms with E-state index in [2.05, 4.69) is 4.72 Å². The van der Waals surface area contributed by atoms with Gasteiger partial charge >= 0.3 is 10.2 Å². The van der Waals surface area contributed by atoms with E-state index in [4.69, 9.17) is 0 Å². The van der Waals surface area contributed by atoms with E-state index in [9.17, 15) is 13.2 Å². The highest BCUT2D eigenvalue weighted by molar-refractivity contribution is 7.91. The highest BCUT2D eigenvalue weighted by atomic mass is 32.2. The Labute approximate surface area is 129 Å². The zero-order chi connectivity index (χ0) is 15.7. The molecule has 0 radical (unpaired) electrons. The number of hydrogen-bond donors (Lipinski definition) is 1. The molecule has 0 spiro atoms. The summed E-state index contributed by atoms with van der Waals surface area (Å²) in [4.78, 5) is 12.2. The second-order valence-corrected chi connectivity index (χ2v) is 6.84. The zero-order valence-corrected chi connectivity index (χ0v) is 13.0. The summed E-state index contributed by atoms with van der Waals surface area (Å²) in [6, 6.07) is 10.6. The number of nitrogens with one attached hydrogen (secondary N) is 1. The molecule has 2 heterocycles. The van der Waals surface area contributed by atoms with Crippen LogP contribution in [0.5, 0.6) is 0 Å². The number of carbonyl (C=O) groups is 1. The molecule has 6 nitrogen and oxygen atoms in total. The van der Waals surface area contributed by atoms with Crippen LogP contribution < -0.4 is 9.03 Å². The lowest BCUT2D eigenvalue weighted by Crippen LogP contribution is -2.46. The van der Waals surface area contributed by atoms with E-state index in [0.717, 1.165) is 18.4 Å². The van der Waals surface area contributed by atoms with Crippen LogP contribution in [0.15, 0.2) is 42.6 Å². The minimum atomic E-state index is -3.92. The Morgan fingerprint density at radius 2 is 1.95 bits per heavy atom. The molecule has 0 saturated carbocycles. The molecular formula is C15H17N3O3S. The van der Waals surface area contributed by atoms with E-state index in [0.29, 0.717) is 17.9 Å². The van der Waals surface area contributed by atoms with Gasteiger partial charge in [-0.15, -0.1) is 0 Å². The highest BCUT2D eigenvalue weighted by Crippen LogP contribution is 2.28. The van der Waals surface area contributed by atoms with Crippen LogP contribution in [0, 0.1) is 0 Å². The number of amides is 1. The summed E-state index contributed by atoms with van der Waals surface area (Å²) in [7, 11) is -2.23. The topological polar surface area (TPSA) is 71.4 Å². The third kappa shape index (κ3) is 2.59. The number of fused-ring (bicyclic) bond motifs is 1. The van der Waals surface area contributed by atoms with Crippen molar-refractivity contribution >= 4 is 21.8 Å². The van der Waals surface area contributed by atoms with Crippen molar-refractivity contribution in [3.8, 4) is 0 Å². The maximum atomic E-state index is 12.5. The largest absolute Gasteiger partial charge is 0.347 e. The minimum Gasteiger partial charge on any atom is -0.347 e. The van der Waals surface area contributed by atoms with E-state index >= 15 is 0 Å². The first-order valence-electron chi connectivity index (χ1n) is 7.03. The van der Waals surface area contributed by atoms with Crippen molar-refractivity contribution in [2.75, 3.05) is 10.8 Å². The van der Waals surface area contributed by atoms with Gasteiger partial charge in [0.05, 0.1) is 5.69 Å². The van der Waals surface area contributed by atoms with Crippen molar-refractivity contribution in [2.24, 2.45) is 7.05 Å². The molecule has 0 unspecified atom stereocenters. The molecule has 22 heavy (non-hydrogen) atoms. The number of aromatic nitrogens is 1. The van der Waals surface area contributed by atoms with Crippen LogP contribution in [0.25, 0.3) is 0 Å². The van der Waals surface area contributed by atoms with Gasteiger partial charge in [0.25, 0.3) is 5.91 Å². The van der Waals surface area contributed by atoms with Crippen LogP contribution >= 0.6 is 0 Å². The van der Waals surface area contributed by atoms with E-state index < -0.39 is 16.1 Å². The molecule has 1 amide bonds. The first-order chi connectivity index (χ1) is 10.5. The molecule has 0 aliphatic carbocycles. The number of aryl methyl sites for hydroxylation is 2. The fourth-order valence-electron chi connectivity index (χ4n) is 2.67. The van der Waals surface area contributed by atoms with Crippen molar-refractivity contribution < 1.29 is 13.2 Å². The molecule has 0 atom stereocenters. The van der Waals surface area contributed by atoms with Gasteiger partial charge in [-0.1, -0.05) is 18.2 Å². The Balaban J connectivity index is 1.88. The average Bonchev–Trinajstić information content (AvgIpc) is 2.92. The van der Waals surface area contributed by atoms with E-state index in [-0.39, 0.29) is 0 Å². The molecule has 1 N–H and O–H groups in total. The van der Waals surface area contributed by atoms with Gasteiger partial charge in [-0.2, -0.15) is 8.42 Å². The number of hydrogen-bond acceptors (Lipinski definition) is 3. The second-order valence-electron chi connectivity index (χ2n) is 5.24. The fraction of sp³-hybridized carbons (Fsp3) is 0.267. The molecule has 3 rings (SSSR count). The van der Waals surface area contributed by atoms with Crippen LogP contribution in [0.3, 0.4) is 0 Å². The molecule has 116 valence electrons. The monoisotopic (exact) mass is 319 g/mol. The summed E-state index contributed by atoms with van der Waals surface area (Å²) >= 11 is 0. The van der Waals surface area contributed by atoms with E-state index in [1.165, 1.54) is 4.31 Å². The van der Waals surface area contributed by atoms with Crippen LogP contribution in [0.4, 0.5) is 5.69 Å². The van der Waals surface area contributed by atoms with E-state index in [1.807, 2.05) is 12.1 Å². The van der Waals surface area contributed by atoms with E-state index in [1.54, 1.807) is 42.1 Å². The average molecular weight is 319 g/mol. The van der Waals surface area contributed by atoms with Crippen molar-refractivity contribution in [3.05, 3.63) is 53.9 Å². The van der Waals surface area contributed by atoms with Crippen LogP contribution in [-0.4, -0.2) is 25.4 Å². The summed E-state index contributed by atoms with van der Waals surface area (Å²) < 4.78 is 30.1. The van der Waals surface area contributed by atoms with Crippen molar-refractivity contribution in [2.45, 2.75) is 12.8 Å². The van der Waals surface area contributed by atoms with Crippen LogP contribution in [0.2, 0.25) is 0 Å². The normalized spacial score (nSPS) is 14.5. The van der Waals surface area contributed by atoms with Gasteiger partial charge in [-0.05, 0) is 36.6 Å². The van der Waals surface area contributed by atoms with Gasteiger partial charge < -0.3 is 4.57 Å². The Kier molecular flexibility index (Phi) is 3.66. The molecule has 7 heteroatoms. The summed E-state index contributed by atoms with van der Waals surface area (Å²) in [5.41, 5.74) is 1.92. The molecule has 0 fully saturated rings. The Hall–Kier alpha value is -2.28. The van der Waals surface area contributed by atoms with Gasteiger partial charge in [-0.3, -0.25) is 9.10 Å². The molecule has 1 aromatic carbocycles. The molecule has 0 bridgehead atoms. The first kappa shape index (κ1) is 14.6. The number of anilines is 1. The van der Waals surface area contributed by atoms with Gasteiger partial charge in [0.2, 0.25) is 0 Å². The van der Waals surface area contributed by atoms with Gasteiger partial charge in [0.1, 0.15) is 5.69 Å². The maximum Gasteiger partial charge on any atom is 0.326 e. The van der Waals surface area contributed by atoms with Crippen molar-refractivity contribution in [1.82, 2.24) is 9.29 Å². The lowest BCUT2D eigenvalue weighted by Gasteiger charge is -2.30. The van der Waals surface area contributed by atoms with Crippen LogP contribution in [-0.2, 0) is 23.7 Å². The molecular weight excluding hydrogens is 302 g/mol. The number of para-hydroxylation sites is 1. The predicted molar refractivity (Wildman–Crippen MR) is 83.9 cm³/mol. The molecule has 1 aliphatic heterocycles. The standard InChI is InChI=1S/C15H17N3O3S/c1-17-10-5-9-14(17)15(19)16-22(20,21)18-11-4-7-12-6-2-3-8-13(12)18/h2-3,5-6,8-10H,4,7,11H2,1H3,(H,16,19). The zero-order valence-electron chi connectivity index (χ0n) is 12.2. The number of nitrogens with zero attached hydrogens (tertiary/aromatic N) is 2. The Morgan fingerprint density at radius 1 is 1.18 bits per heavy atom. The number of rotatable bonds is 3. The molecule has 0 saturated heterocycles. The summed E-state index contributed by atoms with van der Waals surface area (Å²) in [6.45, 7) is 0.368. The minimum absolute atomic E-state index is 0.300. The smallest absolute Gasteiger partial charge is 0.326 e. The van der Waals surface area contributed by atoms with Crippen molar-refractivity contribution in [1.29, 1.82) is 0 Å². The maximum absolute atomic E-state index is 12.5. The number of carbonyl (C=O) groups excluding carboxylic acids is 1. The fourth-order valence-corrected chi connectivity index (χ4v) is 3.93. The SMILES string of the molecule is Cn1cccc1C(=O)NS(=O)(=O)N1CCCc2ccccc21. The van der Waals surface area contributed by atoms with Crippen LogP contribution in [0.1, 0.15) is 22.5 Å². The van der Waals surface area contributed by atoms with Crippen molar-refractivity contribution in [3.63, 3.8) is 0 Å². The Bertz CT molecular complexity index is 811. The summed E-state index contributed by atoms with van der Waals surface area (Å²) in [5.74, 6) is -0.629. The predicted octanol–water partition coefficient (Wildman–Crippen LogP) is 1.45. The quantitative estimate of drug-likeness (QED) is 0.931. The highest BCUT2D eigenvalue weighted by Gasteiger charge is 2.29. The third-order valence-electron chi connectivity index (χ3n) is 3.76. The van der Waals surface area contributed by atoms with Gasteiger partial charge in [0, 0.05) is 19.8 Å². The van der Waals surface area contributed by atoms with Gasteiger partial charge in [0.15, 0.2) is 0 Å².